The third-order valence-electron chi connectivity index (χ3n) is 6.33. The summed E-state index contributed by atoms with van der Waals surface area (Å²) in [5, 5.41) is 8.37. The van der Waals surface area contributed by atoms with Crippen LogP contribution in [0.25, 0.3) is 11.1 Å². The summed E-state index contributed by atoms with van der Waals surface area (Å²) in [6.45, 7) is 3.53. The lowest BCUT2D eigenvalue weighted by atomic mass is 9.98. The van der Waals surface area contributed by atoms with E-state index in [2.05, 4.69) is 46.7 Å². The highest BCUT2D eigenvalue weighted by Crippen LogP contribution is 2.39. The summed E-state index contributed by atoms with van der Waals surface area (Å²) in [5.41, 5.74) is 0.718. The van der Waals surface area contributed by atoms with Crippen molar-refractivity contribution in [3.63, 3.8) is 0 Å². The summed E-state index contributed by atoms with van der Waals surface area (Å²) in [4.78, 5) is 23.4. The number of rotatable bonds is 11. The Morgan fingerprint density at radius 3 is 2.53 bits per heavy atom. The Morgan fingerprint density at radius 2 is 1.81 bits per heavy atom. The average Bonchev–Trinajstić information content (AvgIpc) is 2.94. The van der Waals surface area contributed by atoms with Crippen molar-refractivity contribution in [2.45, 2.75) is 25.9 Å². The SMILES string of the molecule is Cc1cc(Oc2ccnc(NCCCCN(C)C)n2)ccc1NC(=O)Nc1ccc(-c2cccc(Br)c2)c(C(F)(F)F)c1. The quantitative estimate of drug-likeness (QED) is 0.140. The first-order valence-electron chi connectivity index (χ1n) is 13.5. The van der Waals surface area contributed by atoms with Gasteiger partial charge in [0.05, 0.1) is 5.56 Å². The third kappa shape index (κ3) is 9.42. The number of aromatic nitrogens is 2. The van der Waals surface area contributed by atoms with Gasteiger partial charge in [-0.2, -0.15) is 18.2 Å². The van der Waals surface area contributed by atoms with Crippen molar-refractivity contribution in [3.8, 4) is 22.8 Å². The topological polar surface area (TPSA) is 91.4 Å². The maximum Gasteiger partial charge on any atom is 0.417 e. The van der Waals surface area contributed by atoms with Gasteiger partial charge in [-0.15, -0.1) is 0 Å². The number of ether oxygens (including phenoxy) is 1. The maximum absolute atomic E-state index is 13.9. The van der Waals surface area contributed by atoms with Crippen molar-refractivity contribution in [3.05, 3.63) is 88.5 Å². The second kappa shape index (κ2) is 14.3. The normalized spacial score (nSPS) is 11.3. The maximum atomic E-state index is 13.9. The summed E-state index contributed by atoms with van der Waals surface area (Å²) in [6, 6.07) is 16.3. The van der Waals surface area contributed by atoms with E-state index in [0.717, 1.165) is 32.0 Å². The van der Waals surface area contributed by atoms with E-state index in [1.807, 2.05) is 14.1 Å². The number of nitrogens with zero attached hydrogens (tertiary/aromatic N) is 3. The smallest absolute Gasteiger partial charge is 0.417 e. The van der Waals surface area contributed by atoms with E-state index < -0.39 is 17.8 Å². The highest BCUT2D eigenvalue weighted by Gasteiger charge is 2.34. The molecule has 4 rings (SSSR count). The molecule has 0 aliphatic rings. The third-order valence-corrected chi connectivity index (χ3v) is 6.83. The molecule has 1 aromatic heterocycles. The molecule has 0 bridgehead atoms. The fourth-order valence-corrected chi connectivity index (χ4v) is 4.65. The van der Waals surface area contributed by atoms with Gasteiger partial charge >= 0.3 is 12.2 Å². The minimum Gasteiger partial charge on any atom is -0.439 e. The Bertz CT molecular complexity index is 1570. The number of hydrogen-bond donors (Lipinski definition) is 3. The van der Waals surface area contributed by atoms with Crippen LogP contribution in [0.4, 0.5) is 35.3 Å². The molecule has 0 unspecified atom stereocenters. The molecule has 43 heavy (non-hydrogen) atoms. The van der Waals surface area contributed by atoms with Gasteiger partial charge in [0.15, 0.2) is 0 Å². The molecular weight excluding hydrogens is 625 g/mol. The Balaban J connectivity index is 1.38. The van der Waals surface area contributed by atoms with E-state index in [4.69, 9.17) is 4.74 Å². The Labute approximate surface area is 256 Å². The van der Waals surface area contributed by atoms with Crippen LogP contribution in [0.3, 0.4) is 0 Å². The molecule has 0 aliphatic carbocycles. The molecule has 1 heterocycles. The number of alkyl halides is 3. The summed E-state index contributed by atoms with van der Waals surface area (Å²) < 4.78 is 48.3. The number of carbonyl (C=O) groups is 1. The minimum absolute atomic E-state index is 0.00653. The predicted octanol–water partition coefficient (Wildman–Crippen LogP) is 8.42. The van der Waals surface area contributed by atoms with Crippen molar-refractivity contribution in [1.82, 2.24) is 14.9 Å². The number of anilines is 3. The summed E-state index contributed by atoms with van der Waals surface area (Å²) >= 11 is 3.29. The van der Waals surface area contributed by atoms with Crippen LogP contribution in [0.15, 0.2) is 77.4 Å². The van der Waals surface area contributed by atoms with Crippen LogP contribution >= 0.6 is 15.9 Å². The molecule has 0 fully saturated rings. The van der Waals surface area contributed by atoms with Crippen LogP contribution in [-0.4, -0.2) is 48.1 Å². The number of carbonyl (C=O) groups excluding carboxylic acids is 1. The van der Waals surface area contributed by atoms with Gasteiger partial charge in [0.25, 0.3) is 0 Å². The largest absolute Gasteiger partial charge is 0.439 e. The van der Waals surface area contributed by atoms with Crippen molar-refractivity contribution in [2.75, 3.05) is 43.1 Å². The number of hydrogen-bond acceptors (Lipinski definition) is 6. The standard InChI is InChI=1S/C31H32BrF3N6O2/c1-20-17-24(43-28-13-15-37-29(40-28)36-14-4-5-16-41(2)3)10-12-27(20)39-30(42)38-23-9-11-25(26(19-23)31(33,34)35)21-7-6-8-22(32)18-21/h6-13,15,17-19H,4-5,14,16H2,1-3H3,(H,36,37,40)(H2,38,39,42). The van der Waals surface area contributed by atoms with E-state index in [1.165, 1.54) is 12.1 Å². The van der Waals surface area contributed by atoms with Gasteiger partial charge in [-0.05, 0) is 99.6 Å². The Kier molecular flexibility index (Phi) is 10.6. The van der Waals surface area contributed by atoms with E-state index in [0.29, 0.717) is 38.9 Å². The van der Waals surface area contributed by atoms with Crippen LogP contribution < -0.4 is 20.7 Å². The van der Waals surface area contributed by atoms with Crippen LogP contribution in [0.2, 0.25) is 0 Å². The molecule has 0 saturated carbocycles. The molecule has 0 saturated heterocycles. The molecule has 0 aliphatic heterocycles. The van der Waals surface area contributed by atoms with Gasteiger partial charge in [-0.3, -0.25) is 0 Å². The van der Waals surface area contributed by atoms with Crippen LogP contribution in [0.1, 0.15) is 24.0 Å². The number of aryl methyl sites for hydroxylation is 1. The minimum atomic E-state index is -4.62. The van der Waals surface area contributed by atoms with E-state index in [-0.39, 0.29) is 11.3 Å². The molecule has 8 nitrogen and oxygen atoms in total. The molecule has 0 spiro atoms. The second-order valence-corrected chi connectivity index (χ2v) is 11.0. The molecule has 0 radical (unpaired) electrons. The van der Waals surface area contributed by atoms with Gasteiger partial charge in [0.2, 0.25) is 11.8 Å². The monoisotopic (exact) mass is 656 g/mol. The van der Waals surface area contributed by atoms with Crippen LogP contribution in [0.5, 0.6) is 11.6 Å². The lowest BCUT2D eigenvalue weighted by molar-refractivity contribution is -0.137. The van der Waals surface area contributed by atoms with Crippen molar-refractivity contribution in [1.29, 1.82) is 0 Å². The van der Waals surface area contributed by atoms with Gasteiger partial charge in [0, 0.05) is 34.7 Å². The zero-order valence-electron chi connectivity index (χ0n) is 23.9. The number of benzene rings is 3. The molecule has 12 heteroatoms. The Hall–Kier alpha value is -4.16. The molecule has 4 aromatic rings. The highest BCUT2D eigenvalue weighted by molar-refractivity contribution is 9.10. The first kappa shape index (κ1) is 31.8. The van der Waals surface area contributed by atoms with E-state index >= 15 is 0 Å². The van der Waals surface area contributed by atoms with E-state index in [9.17, 15) is 18.0 Å². The average molecular weight is 658 g/mol. The number of nitrogens with one attached hydrogen (secondary N) is 3. The molecule has 3 aromatic carbocycles. The molecule has 2 amide bonds. The Morgan fingerprint density at radius 1 is 1.00 bits per heavy atom. The number of amides is 2. The fourth-order valence-electron chi connectivity index (χ4n) is 4.25. The summed E-state index contributed by atoms with van der Waals surface area (Å²) in [7, 11) is 4.08. The first-order valence-corrected chi connectivity index (χ1v) is 14.3. The lowest BCUT2D eigenvalue weighted by Crippen LogP contribution is -2.20. The molecule has 0 atom stereocenters. The highest BCUT2D eigenvalue weighted by atomic mass is 79.9. The summed E-state index contributed by atoms with van der Waals surface area (Å²) in [5.74, 6) is 1.32. The van der Waals surface area contributed by atoms with Crippen molar-refractivity contribution < 1.29 is 22.7 Å². The predicted molar refractivity (Wildman–Crippen MR) is 167 cm³/mol. The lowest BCUT2D eigenvalue weighted by Gasteiger charge is -2.16. The number of urea groups is 1. The zero-order valence-corrected chi connectivity index (χ0v) is 25.5. The van der Waals surface area contributed by atoms with Gasteiger partial charge in [-0.25, -0.2) is 9.78 Å². The van der Waals surface area contributed by atoms with Crippen LogP contribution in [0, 0.1) is 6.92 Å². The fraction of sp³-hybridized carbons (Fsp3) is 0.258. The summed E-state index contributed by atoms with van der Waals surface area (Å²) in [6.07, 6.45) is -0.979. The molecule has 3 N–H and O–H groups in total. The van der Waals surface area contributed by atoms with Crippen molar-refractivity contribution in [2.24, 2.45) is 0 Å². The van der Waals surface area contributed by atoms with Gasteiger partial charge in [-0.1, -0.05) is 34.1 Å². The van der Waals surface area contributed by atoms with Crippen LogP contribution in [-0.2, 0) is 6.18 Å². The number of unbranched alkanes of at least 4 members (excludes halogenated alkanes) is 1. The van der Waals surface area contributed by atoms with E-state index in [1.54, 1.807) is 61.7 Å². The molecular formula is C31H32BrF3N6O2. The zero-order chi connectivity index (χ0) is 31.0. The second-order valence-electron chi connectivity index (χ2n) is 10.1. The molecule has 226 valence electrons. The first-order chi connectivity index (χ1) is 20.5. The number of halogens is 4. The van der Waals surface area contributed by atoms with Crippen molar-refractivity contribution >= 4 is 39.3 Å². The van der Waals surface area contributed by atoms with Gasteiger partial charge < -0.3 is 25.6 Å². The van der Waals surface area contributed by atoms with Gasteiger partial charge in [0.1, 0.15) is 5.75 Å².